The van der Waals surface area contributed by atoms with Crippen LogP contribution in [0, 0.1) is 0 Å². The predicted molar refractivity (Wildman–Crippen MR) is 141 cm³/mol. The largest absolute Gasteiger partial charge is 0.396 e. The molecule has 0 aliphatic carbocycles. The first-order valence-electron chi connectivity index (χ1n) is 13.4. The highest BCUT2D eigenvalue weighted by atomic mass is 79.9. The van der Waals surface area contributed by atoms with Crippen LogP contribution < -0.4 is 0 Å². The van der Waals surface area contributed by atoms with Crippen LogP contribution >= 0.6 is 15.9 Å². The monoisotopic (exact) mass is 528 g/mol. The van der Waals surface area contributed by atoms with E-state index in [0.717, 1.165) is 56.2 Å². The maximum absolute atomic E-state index is 8.78. The Bertz CT molecular complexity index is 508. The van der Waals surface area contributed by atoms with Crippen LogP contribution in [0.15, 0.2) is 22.7 Å². The van der Waals surface area contributed by atoms with Gasteiger partial charge in [0.15, 0.2) is 0 Å². The van der Waals surface area contributed by atoms with Gasteiger partial charge < -0.3 is 19.7 Å². The molecule has 0 bridgehead atoms. The number of aliphatic hydroxyl groups is 2. The molecule has 0 unspecified atom stereocenters. The third kappa shape index (κ3) is 17.6. The van der Waals surface area contributed by atoms with Crippen LogP contribution in [-0.4, -0.2) is 36.6 Å². The van der Waals surface area contributed by atoms with E-state index < -0.39 is 0 Å². The average molecular weight is 530 g/mol. The van der Waals surface area contributed by atoms with Gasteiger partial charge in [0.1, 0.15) is 0 Å². The van der Waals surface area contributed by atoms with E-state index in [2.05, 4.69) is 34.1 Å². The maximum atomic E-state index is 8.78. The number of hydrogen-bond acceptors (Lipinski definition) is 4. The highest BCUT2D eigenvalue weighted by Gasteiger charge is 2.06. The van der Waals surface area contributed by atoms with Gasteiger partial charge in [0.25, 0.3) is 0 Å². The van der Waals surface area contributed by atoms with Crippen LogP contribution in [0.25, 0.3) is 0 Å². The van der Waals surface area contributed by atoms with Crippen molar-refractivity contribution in [1.82, 2.24) is 0 Å². The lowest BCUT2D eigenvalue weighted by molar-refractivity contribution is 0.112. The van der Waals surface area contributed by atoms with Gasteiger partial charge in [-0.2, -0.15) is 0 Å². The van der Waals surface area contributed by atoms with Crippen molar-refractivity contribution in [3.8, 4) is 0 Å². The Hall–Kier alpha value is -0.460. The molecular formula is C28H49BrO4. The summed E-state index contributed by atoms with van der Waals surface area (Å²) in [4.78, 5) is 0. The number of aliphatic hydroxyl groups excluding tert-OH is 2. The zero-order valence-corrected chi connectivity index (χ0v) is 22.5. The van der Waals surface area contributed by atoms with Gasteiger partial charge in [0.05, 0.1) is 13.2 Å². The molecule has 1 aromatic carbocycles. The van der Waals surface area contributed by atoms with Crippen molar-refractivity contribution >= 4 is 15.9 Å². The number of hydrogen-bond donors (Lipinski definition) is 2. The molecular weight excluding hydrogens is 480 g/mol. The van der Waals surface area contributed by atoms with Gasteiger partial charge in [-0.25, -0.2) is 0 Å². The fourth-order valence-electron chi connectivity index (χ4n) is 3.97. The minimum Gasteiger partial charge on any atom is -0.396 e. The molecule has 33 heavy (non-hydrogen) atoms. The van der Waals surface area contributed by atoms with Crippen molar-refractivity contribution < 1.29 is 19.7 Å². The molecule has 0 saturated carbocycles. The Morgan fingerprint density at radius 3 is 1.21 bits per heavy atom. The van der Waals surface area contributed by atoms with Gasteiger partial charge in [-0.1, -0.05) is 111 Å². The zero-order valence-electron chi connectivity index (χ0n) is 20.9. The summed E-state index contributed by atoms with van der Waals surface area (Å²) in [6, 6.07) is 6.34. The number of halogens is 1. The van der Waals surface area contributed by atoms with E-state index in [1.807, 2.05) is 0 Å². The SMILES string of the molecule is OCCCCCCCCCCOCc1cccc(COCCCCCCCCCCO)c1Br. The Morgan fingerprint density at radius 2 is 0.848 bits per heavy atom. The van der Waals surface area contributed by atoms with Crippen molar-refractivity contribution in [2.75, 3.05) is 26.4 Å². The molecule has 0 radical (unpaired) electrons. The van der Waals surface area contributed by atoms with E-state index in [-0.39, 0.29) is 0 Å². The van der Waals surface area contributed by atoms with Crippen LogP contribution in [0.4, 0.5) is 0 Å². The average Bonchev–Trinajstić information content (AvgIpc) is 2.82. The second-order valence-electron chi connectivity index (χ2n) is 9.10. The summed E-state index contributed by atoms with van der Waals surface area (Å²) in [5, 5.41) is 17.6. The van der Waals surface area contributed by atoms with Crippen molar-refractivity contribution in [3.63, 3.8) is 0 Å². The third-order valence-corrected chi connectivity index (χ3v) is 7.09. The highest BCUT2D eigenvalue weighted by molar-refractivity contribution is 9.10. The zero-order chi connectivity index (χ0) is 23.8. The first-order valence-corrected chi connectivity index (χ1v) is 14.2. The number of ether oxygens (including phenoxy) is 2. The second-order valence-corrected chi connectivity index (χ2v) is 9.89. The van der Waals surface area contributed by atoms with Crippen molar-refractivity contribution in [3.05, 3.63) is 33.8 Å². The van der Waals surface area contributed by atoms with Gasteiger partial charge in [-0.15, -0.1) is 0 Å². The molecule has 0 heterocycles. The molecule has 1 aromatic rings. The Morgan fingerprint density at radius 1 is 0.515 bits per heavy atom. The number of benzene rings is 1. The third-order valence-electron chi connectivity index (χ3n) is 6.07. The summed E-state index contributed by atoms with van der Waals surface area (Å²) in [5.41, 5.74) is 2.39. The molecule has 0 spiro atoms. The fourth-order valence-corrected chi connectivity index (χ4v) is 4.47. The van der Waals surface area contributed by atoms with E-state index in [1.54, 1.807) is 0 Å². The molecule has 4 nitrogen and oxygen atoms in total. The molecule has 1 rings (SSSR count). The Balaban J connectivity index is 2.03. The van der Waals surface area contributed by atoms with E-state index in [1.165, 1.54) is 75.3 Å². The minimum atomic E-state index is 0.331. The number of rotatable bonds is 24. The first-order chi connectivity index (χ1) is 16.3. The molecule has 0 saturated heterocycles. The van der Waals surface area contributed by atoms with Crippen molar-refractivity contribution in [1.29, 1.82) is 0 Å². The molecule has 0 fully saturated rings. The maximum Gasteiger partial charge on any atom is 0.0727 e. The molecule has 192 valence electrons. The minimum absolute atomic E-state index is 0.331. The Kier molecular flexibility index (Phi) is 21.6. The molecule has 0 amide bonds. The van der Waals surface area contributed by atoms with E-state index in [9.17, 15) is 0 Å². The molecule has 0 atom stereocenters. The van der Waals surface area contributed by atoms with E-state index in [4.69, 9.17) is 19.7 Å². The summed E-state index contributed by atoms with van der Waals surface area (Å²) >= 11 is 3.75. The van der Waals surface area contributed by atoms with Gasteiger partial charge >= 0.3 is 0 Å². The Labute approximate surface area is 211 Å². The van der Waals surface area contributed by atoms with Crippen molar-refractivity contribution in [2.24, 2.45) is 0 Å². The summed E-state index contributed by atoms with van der Waals surface area (Å²) in [6.07, 6.45) is 19.2. The van der Waals surface area contributed by atoms with Crippen LogP contribution in [0.1, 0.15) is 114 Å². The normalized spacial score (nSPS) is 11.4. The smallest absolute Gasteiger partial charge is 0.0727 e. The first kappa shape index (κ1) is 30.6. The lowest BCUT2D eigenvalue weighted by Gasteiger charge is -2.11. The van der Waals surface area contributed by atoms with Gasteiger partial charge in [-0.3, -0.25) is 0 Å². The lowest BCUT2D eigenvalue weighted by Crippen LogP contribution is -2.01. The topological polar surface area (TPSA) is 58.9 Å². The predicted octanol–water partition coefficient (Wildman–Crippen LogP) is 7.71. The summed E-state index contributed by atoms with van der Waals surface area (Å²) in [5.74, 6) is 0. The molecule has 0 aliphatic heterocycles. The summed E-state index contributed by atoms with van der Waals surface area (Å²) in [7, 11) is 0. The molecule has 0 aliphatic rings. The van der Waals surface area contributed by atoms with E-state index >= 15 is 0 Å². The van der Waals surface area contributed by atoms with Gasteiger partial charge in [-0.05, 0) is 36.8 Å². The fraction of sp³-hybridized carbons (Fsp3) is 0.786. The van der Waals surface area contributed by atoms with Crippen LogP contribution in [0.3, 0.4) is 0 Å². The van der Waals surface area contributed by atoms with Gasteiger partial charge in [0.2, 0.25) is 0 Å². The molecule has 5 heteroatoms. The molecule has 0 aromatic heterocycles. The van der Waals surface area contributed by atoms with Crippen LogP contribution in [-0.2, 0) is 22.7 Å². The standard InChI is InChI=1S/C28H49BrO4/c29-28-26(24-32-22-15-11-7-3-1-5-9-13-20-30)18-17-19-27(28)25-33-23-16-12-8-4-2-6-10-14-21-31/h17-19,30-31H,1-16,20-25H2. The molecule has 2 N–H and O–H groups in total. The van der Waals surface area contributed by atoms with Gasteiger partial charge in [0, 0.05) is 30.9 Å². The highest BCUT2D eigenvalue weighted by Crippen LogP contribution is 2.24. The van der Waals surface area contributed by atoms with Crippen LogP contribution in [0.5, 0.6) is 0 Å². The lowest BCUT2D eigenvalue weighted by atomic mass is 10.1. The summed E-state index contributed by atoms with van der Waals surface area (Å²) < 4.78 is 13.0. The summed E-state index contributed by atoms with van der Waals surface area (Å²) in [6.45, 7) is 3.59. The number of unbranched alkanes of at least 4 members (excludes halogenated alkanes) is 14. The van der Waals surface area contributed by atoms with Crippen molar-refractivity contribution in [2.45, 2.75) is 116 Å². The van der Waals surface area contributed by atoms with Crippen LogP contribution in [0.2, 0.25) is 0 Å². The second kappa shape index (κ2) is 23.3. The quantitative estimate of drug-likeness (QED) is 0.135. The van der Waals surface area contributed by atoms with E-state index in [0.29, 0.717) is 26.4 Å².